The van der Waals surface area contributed by atoms with E-state index in [4.69, 9.17) is 17.3 Å². The summed E-state index contributed by atoms with van der Waals surface area (Å²) in [6.07, 6.45) is 5.61. The van der Waals surface area contributed by atoms with Crippen molar-refractivity contribution in [2.45, 2.75) is 57.4 Å². The molecular formula is C20H31Cl2N3O2. The van der Waals surface area contributed by atoms with Crippen molar-refractivity contribution in [1.82, 2.24) is 10.6 Å². The first-order valence-electron chi connectivity index (χ1n) is 9.40. The van der Waals surface area contributed by atoms with Crippen molar-refractivity contribution in [3.05, 3.63) is 34.9 Å². The Hall–Kier alpha value is -1.30. The number of nitrogens with two attached hydrogens (primary N) is 1. The quantitative estimate of drug-likeness (QED) is 0.638. The molecule has 152 valence electrons. The Kier molecular flexibility index (Phi) is 9.57. The second-order valence-electron chi connectivity index (χ2n) is 7.61. The molecule has 0 aromatic heterocycles. The number of halogens is 2. The fraction of sp³-hybridized carbons (Fsp3) is 0.600. The van der Waals surface area contributed by atoms with E-state index in [1.807, 2.05) is 26.0 Å². The molecule has 0 radical (unpaired) electrons. The highest BCUT2D eigenvalue weighted by Crippen LogP contribution is 2.39. The normalized spacial score (nSPS) is 16.9. The summed E-state index contributed by atoms with van der Waals surface area (Å²) in [4.78, 5) is 24.1. The Morgan fingerprint density at radius 3 is 2.26 bits per heavy atom. The third-order valence-corrected chi connectivity index (χ3v) is 5.59. The van der Waals surface area contributed by atoms with Crippen molar-refractivity contribution in [3.63, 3.8) is 0 Å². The second kappa shape index (κ2) is 10.9. The maximum Gasteiger partial charge on any atom is 0.239 e. The zero-order chi connectivity index (χ0) is 19.2. The zero-order valence-electron chi connectivity index (χ0n) is 16.1. The topological polar surface area (TPSA) is 84.2 Å². The van der Waals surface area contributed by atoms with Crippen LogP contribution in [0, 0.1) is 5.92 Å². The second-order valence-corrected chi connectivity index (χ2v) is 8.05. The first-order chi connectivity index (χ1) is 12.3. The molecule has 1 aromatic carbocycles. The SMILES string of the molecule is CC(C)[C@H](N)C(=O)NCC(=O)NCC1(c2ccc(Cl)cc2)CCCCC1.Cl. The maximum absolute atomic E-state index is 12.2. The van der Waals surface area contributed by atoms with Gasteiger partial charge in [-0.1, -0.05) is 56.8 Å². The van der Waals surface area contributed by atoms with Gasteiger partial charge in [0.1, 0.15) is 0 Å². The van der Waals surface area contributed by atoms with E-state index >= 15 is 0 Å². The summed E-state index contributed by atoms with van der Waals surface area (Å²) in [5.41, 5.74) is 6.95. The number of carbonyl (C=O) groups is 2. The van der Waals surface area contributed by atoms with Gasteiger partial charge >= 0.3 is 0 Å². The fourth-order valence-electron chi connectivity index (χ4n) is 3.52. The highest BCUT2D eigenvalue weighted by molar-refractivity contribution is 6.30. The lowest BCUT2D eigenvalue weighted by atomic mass is 9.69. The molecule has 2 amide bonds. The van der Waals surface area contributed by atoms with Crippen LogP contribution in [0.25, 0.3) is 0 Å². The minimum Gasteiger partial charge on any atom is -0.354 e. The van der Waals surface area contributed by atoms with Gasteiger partial charge < -0.3 is 16.4 Å². The molecule has 1 saturated carbocycles. The van der Waals surface area contributed by atoms with Crippen LogP contribution < -0.4 is 16.4 Å². The number of nitrogens with one attached hydrogen (secondary N) is 2. The summed E-state index contributed by atoms with van der Waals surface area (Å²) in [5.74, 6) is -0.443. The molecule has 1 atom stereocenters. The Labute approximate surface area is 173 Å². The van der Waals surface area contributed by atoms with Gasteiger partial charge in [-0.25, -0.2) is 0 Å². The minimum atomic E-state index is -0.596. The van der Waals surface area contributed by atoms with Crippen LogP contribution in [0.4, 0.5) is 0 Å². The van der Waals surface area contributed by atoms with E-state index in [9.17, 15) is 9.59 Å². The summed E-state index contributed by atoms with van der Waals surface area (Å²) in [5, 5.41) is 6.34. The highest BCUT2D eigenvalue weighted by Gasteiger charge is 2.34. The summed E-state index contributed by atoms with van der Waals surface area (Å²) in [7, 11) is 0. The van der Waals surface area contributed by atoms with Gasteiger partial charge in [-0.05, 0) is 36.5 Å². The van der Waals surface area contributed by atoms with Crippen LogP contribution in [0.1, 0.15) is 51.5 Å². The van der Waals surface area contributed by atoms with Gasteiger partial charge in [0.05, 0.1) is 12.6 Å². The molecule has 2 rings (SSSR count). The number of carbonyl (C=O) groups excluding carboxylic acids is 2. The van der Waals surface area contributed by atoms with Crippen molar-refractivity contribution in [2.24, 2.45) is 11.7 Å². The van der Waals surface area contributed by atoms with Gasteiger partial charge in [0.2, 0.25) is 11.8 Å². The van der Waals surface area contributed by atoms with Crippen LogP contribution in [0.3, 0.4) is 0 Å². The van der Waals surface area contributed by atoms with E-state index in [1.54, 1.807) is 0 Å². The molecule has 0 saturated heterocycles. The van der Waals surface area contributed by atoms with E-state index in [0.29, 0.717) is 11.6 Å². The predicted octanol–water partition coefficient (Wildman–Crippen LogP) is 3.18. The molecule has 5 nitrogen and oxygen atoms in total. The molecular weight excluding hydrogens is 385 g/mol. The van der Waals surface area contributed by atoms with Crippen molar-refractivity contribution >= 4 is 35.8 Å². The zero-order valence-corrected chi connectivity index (χ0v) is 17.7. The van der Waals surface area contributed by atoms with Crippen LogP contribution in [-0.2, 0) is 15.0 Å². The van der Waals surface area contributed by atoms with Crippen LogP contribution in [0.15, 0.2) is 24.3 Å². The molecule has 1 aromatic rings. The first kappa shape index (κ1) is 23.7. The average Bonchev–Trinajstić information content (AvgIpc) is 2.65. The standard InChI is InChI=1S/C20H30ClN3O2.ClH/c1-14(2)18(22)19(26)23-12-17(25)24-13-20(10-4-3-5-11-20)15-6-8-16(21)9-7-15;/h6-9,14,18H,3-5,10-13,22H2,1-2H3,(H,23,26)(H,24,25);1H/t18-;/m0./s1. The Morgan fingerprint density at radius 2 is 1.70 bits per heavy atom. The summed E-state index contributed by atoms with van der Waals surface area (Å²) in [6, 6.07) is 7.33. The molecule has 1 fully saturated rings. The largest absolute Gasteiger partial charge is 0.354 e. The number of hydrogen-bond donors (Lipinski definition) is 3. The molecule has 0 unspecified atom stereocenters. The molecule has 0 bridgehead atoms. The molecule has 7 heteroatoms. The molecule has 0 heterocycles. The Balaban J connectivity index is 0.00000364. The van der Waals surface area contributed by atoms with Crippen LogP contribution in [0.2, 0.25) is 5.02 Å². The Bertz CT molecular complexity index is 614. The van der Waals surface area contributed by atoms with Gasteiger partial charge in [0, 0.05) is 17.0 Å². The van der Waals surface area contributed by atoms with Crippen molar-refractivity contribution < 1.29 is 9.59 Å². The highest BCUT2D eigenvalue weighted by atomic mass is 35.5. The van der Waals surface area contributed by atoms with E-state index in [0.717, 1.165) is 25.7 Å². The Morgan fingerprint density at radius 1 is 1.11 bits per heavy atom. The smallest absolute Gasteiger partial charge is 0.239 e. The van der Waals surface area contributed by atoms with Crippen molar-refractivity contribution in [1.29, 1.82) is 0 Å². The number of amides is 2. The lowest BCUT2D eigenvalue weighted by Gasteiger charge is -2.38. The minimum absolute atomic E-state index is 0. The lowest BCUT2D eigenvalue weighted by Crippen LogP contribution is -2.49. The third-order valence-electron chi connectivity index (χ3n) is 5.34. The molecule has 1 aliphatic rings. The molecule has 27 heavy (non-hydrogen) atoms. The predicted molar refractivity (Wildman–Crippen MR) is 112 cm³/mol. The maximum atomic E-state index is 12.2. The van der Waals surface area contributed by atoms with Crippen LogP contribution in [0.5, 0.6) is 0 Å². The van der Waals surface area contributed by atoms with Gasteiger partial charge in [-0.3, -0.25) is 9.59 Å². The molecule has 0 aliphatic heterocycles. The first-order valence-corrected chi connectivity index (χ1v) is 9.78. The van der Waals surface area contributed by atoms with Crippen molar-refractivity contribution in [2.75, 3.05) is 13.1 Å². The fourth-order valence-corrected chi connectivity index (χ4v) is 3.64. The van der Waals surface area contributed by atoms with E-state index in [2.05, 4.69) is 22.8 Å². The number of benzene rings is 1. The lowest BCUT2D eigenvalue weighted by molar-refractivity contribution is -0.127. The van der Waals surface area contributed by atoms with Gasteiger partial charge in [-0.2, -0.15) is 0 Å². The number of hydrogen-bond acceptors (Lipinski definition) is 3. The van der Waals surface area contributed by atoms with Crippen molar-refractivity contribution in [3.8, 4) is 0 Å². The van der Waals surface area contributed by atoms with Crippen LogP contribution >= 0.6 is 24.0 Å². The molecule has 1 aliphatic carbocycles. The molecule has 0 spiro atoms. The number of rotatable bonds is 7. The summed E-state index contributed by atoms with van der Waals surface area (Å²) < 4.78 is 0. The van der Waals surface area contributed by atoms with E-state index in [-0.39, 0.29) is 42.1 Å². The average molecular weight is 416 g/mol. The molecule has 4 N–H and O–H groups in total. The van der Waals surface area contributed by atoms with E-state index < -0.39 is 6.04 Å². The summed E-state index contributed by atoms with van der Waals surface area (Å²) in [6.45, 7) is 4.28. The van der Waals surface area contributed by atoms with Gasteiger partial charge in [0.25, 0.3) is 0 Å². The van der Waals surface area contributed by atoms with Gasteiger partial charge in [-0.15, -0.1) is 12.4 Å². The van der Waals surface area contributed by atoms with E-state index in [1.165, 1.54) is 12.0 Å². The van der Waals surface area contributed by atoms with Crippen LogP contribution in [-0.4, -0.2) is 30.9 Å². The van der Waals surface area contributed by atoms with Gasteiger partial charge in [0.15, 0.2) is 0 Å². The monoisotopic (exact) mass is 415 g/mol. The summed E-state index contributed by atoms with van der Waals surface area (Å²) >= 11 is 6.02. The third kappa shape index (κ3) is 6.66.